The molecule has 0 saturated heterocycles. The Hall–Kier alpha value is -0.224. The van der Waals surface area contributed by atoms with Gasteiger partial charge in [0.1, 0.15) is 0 Å². The van der Waals surface area contributed by atoms with Crippen molar-refractivity contribution >= 4 is 45.6 Å². The van der Waals surface area contributed by atoms with Crippen LogP contribution in [-0.2, 0) is 20.9 Å². The standard InChI is InChI=1S/C14H15ClN2O4S.K/c1-9(18)11(12(19)21-2)22-13(15)17-14(20)16-8-10-6-4-3-5-7-10;/h3-7,11H,8H2,1-2H3,(H,16,20);/q;+1/p-1/b17-13+;. The fourth-order valence-corrected chi connectivity index (χ4v) is 2.40. The first kappa shape index (κ1) is 22.8. The SMILES string of the molecule is COC(=O)C(S/C(Cl)=N/C(=O)[N-]Cc1ccccc1)C(C)=O.[K+]. The first-order valence-electron chi connectivity index (χ1n) is 6.18. The van der Waals surface area contributed by atoms with Crippen LogP contribution in [0.1, 0.15) is 12.5 Å². The minimum atomic E-state index is -1.15. The maximum absolute atomic E-state index is 11.6. The van der Waals surface area contributed by atoms with E-state index in [9.17, 15) is 14.4 Å². The van der Waals surface area contributed by atoms with Crippen LogP contribution in [0, 0.1) is 0 Å². The molecular formula is C14H14ClKN2O4S. The van der Waals surface area contributed by atoms with Crippen molar-refractivity contribution in [2.45, 2.75) is 18.7 Å². The molecule has 1 atom stereocenters. The zero-order valence-electron chi connectivity index (χ0n) is 13.0. The minimum absolute atomic E-state index is 0. The number of halogens is 1. The molecule has 23 heavy (non-hydrogen) atoms. The maximum atomic E-state index is 11.6. The van der Waals surface area contributed by atoms with Crippen LogP contribution in [0.3, 0.4) is 0 Å². The molecule has 1 aromatic carbocycles. The summed E-state index contributed by atoms with van der Waals surface area (Å²) in [6, 6.07) is 8.36. The van der Waals surface area contributed by atoms with Crippen LogP contribution < -0.4 is 51.4 Å². The number of carbonyl (C=O) groups excluding carboxylic acids is 3. The predicted octanol–water partition coefficient (Wildman–Crippen LogP) is 0.143. The molecule has 6 nitrogen and oxygen atoms in total. The van der Waals surface area contributed by atoms with E-state index in [1.165, 1.54) is 6.92 Å². The number of urea groups is 1. The van der Waals surface area contributed by atoms with Gasteiger partial charge in [-0.25, -0.2) is 0 Å². The van der Waals surface area contributed by atoms with Crippen molar-refractivity contribution in [2.75, 3.05) is 7.11 Å². The van der Waals surface area contributed by atoms with E-state index >= 15 is 0 Å². The second kappa shape index (κ2) is 12.2. The molecule has 9 heteroatoms. The summed E-state index contributed by atoms with van der Waals surface area (Å²) >= 11 is 6.42. The number of aliphatic imine (C=N–C) groups is 1. The number of benzene rings is 1. The Kier molecular flexibility index (Phi) is 12.1. The van der Waals surface area contributed by atoms with Crippen LogP contribution in [0.5, 0.6) is 0 Å². The Labute approximate surface area is 186 Å². The van der Waals surface area contributed by atoms with Gasteiger partial charge in [-0.3, -0.25) is 14.4 Å². The van der Waals surface area contributed by atoms with Crippen molar-refractivity contribution in [1.29, 1.82) is 0 Å². The number of thioether (sulfide) groups is 1. The van der Waals surface area contributed by atoms with Crippen molar-refractivity contribution in [3.05, 3.63) is 41.2 Å². The molecule has 118 valence electrons. The number of Topliss-reactive ketones (excluding diaryl/α,β-unsaturated/α-hetero) is 1. The van der Waals surface area contributed by atoms with Gasteiger partial charge in [-0.1, -0.05) is 53.7 Å². The molecule has 0 radical (unpaired) electrons. The van der Waals surface area contributed by atoms with Crippen molar-refractivity contribution in [3.63, 3.8) is 0 Å². The van der Waals surface area contributed by atoms with E-state index in [1.807, 2.05) is 30.3 Å². The second-order valence-corrected chi connectivity index (χ2v) is 5.76. The zero-order valence-corrected chi connectivity index (χ0v) is 17.7. The molecule has 0 fully saturated rings. The molecule has 0 spiro atoms. The molecule has 0 aromatic heterocycles. The number of esters is 1. The fourth-order valence-electron chi connectivity index (χ4n) is 1.38. The number of rotatable bonds is 5. The van der Waals surface area contributed by atoms with Gasteiger partial charge in [-0.15, -0.1) is 0 Å². The monoisotopic (exact) mass is 380 g/mol. The van der Waals surface area contributed by atoms with Gasteiger partial charge in [0, 0.05) is 0 Å². The number of methoxy groups -OCH3 is 1. The average molecular weight is 381 g/mol. The molecule has 0 saturated carbocycles. The molecule has 0 aliphatic carbocycles. The Morgan fingerprint density at radius 2 is 1.91 bits per heavy atom. The molecule has 1 unspecified atom stereocenters. The summed E-state index contributed by atoms with van der Waals surface area (Å²) in [5.41, 5.74) is 0.853. The van der Waals surface area contributed by atoms with Crippen molar-refractivity contribution in [3.8, 4) is 0 Å². The fraction of sp³-hybridized carbons (Fsp3) is 0.286. The Morgan fingerprint density at radius 3 is 2.43 bits per heavy atom. The van der Waals surface area contributed by atoms with Gasteiger partial charge in [0.25, 0.3) is 0 Å². The number of ketones is 1. The van der Waals surface area contributed by atoms with Crippen LogP contribution in [0.15, 0.2) is 35.3 Å². The maximum Gasteiger partial charge on any atom is 1.00 e. The average Bonchev–Trinajstić information content (AvgIpc) is 2.50. The molecule has 1 rings (SSSR count). The van der Waals surface area contributed by atoms with Gasteiger partial charge in [0.05, 0.1) is 11.6 Å². The van der Waals surface area contributed by atoms with Gasteiger partial charge in [0.2, 0.25) is 0 Å². The van der Waals surface area contributed by atoms with E-state index in [0.717, 1.165) is 12.7 Å². The van der Waals surface area contributed by atoms with E-state index in [0.29, 0.717) is 11.8 Å². The third-order valence-electron chi connectivity index (χ3n) is 2.42. The van der Waals surface area contributed by atoms with E-state index in [4.69, 9.17) is 11.6 Å². The number of hydrogen-bond acceptors (Lipinski definition) is 5. The smallest absolute Gasteiger partial charge is 0.468 e. The number of ether oxygens (including phenoxy) is 1. The first-order chi connectivity index (χ1) is 10.4. The number of hydrogen-bond donors (Lipinski definition) is 0. The normalized spacial score (nSPS) is 11.9. The topological polar surface area (TPSA) is 86.9 Å². The van der Waals surface area contributed by atoms with Gasteiger partial charge >= 0.3 is 57.4 Å². The summed E-state index contributed by atoms with van der Waals surface area (Å²) in [6.07, 6.45) is 0. The van der Waals surface area contributed by atoms with Crippen molar-refractivity contribution < 1.29 is 70.5 Å². The molecule has 2 amide bonds. The Morgan fingerprint density at radius 1 is 1.30 bits per heavy atom. The van der Waals surface area contributed by atoms with Gasteiger partial charge in [-0.2, -0.15) is 0 Å². The summed E-state index contributed by atoms with van der Waals surface area (Å²) < 4.78 is 4.24. The molecule has 0 heterocycles. The third-order valence-corrected chi connectivity index (χ3v) is 3.82. The molecule has 0 bridgehead atoms. The summed E-state index contributed by atoms with van der Waals surface area (Å²) in [5, 5.41) is 2.58. The van der Waals surface area contributed by atoms with Gasteiger partial charge < -0.3 is 15.0 Å². The first-order valence-corrected chi connectivity index (χ1v) is 7.44. The largest absolute Gasteiger partial charge is 1.00 e. The summed E-state index contributed by atoms with van der Waals surface area (Å²) in [7, 11) is 1.16. The summed E-state index contributed by atoms with van der Waals surface area (Å²) in [6.45, 7) is 1.39. The predicted molar refractivity (Wildman–Crippen MR) is 86.3 cm³/mol. The second-order valence-electron chi connectivity index (χ2n) is 4.08. The van der Waals surface area contributed by atoms with Crippen molar-refractivity contribution in [1.82, 2.24) is 0 Å². The van der Waals surface area contributed by atoms with Crippen LogP contribution in [-0.4, -0.2) is 34.6 Å². The zero-order chi connectivity index (χ0) is 16.5. The van der Waals surface area contributed by atoms with Crippen LogP contribution in [0.2, 0.25) is 0 Å². The molecule has 0 aliphatic heterocycles. The van der Waals surface area contributed by atoms with Gasteiger partial charge in [0.15, 0.2) is 17.1 Å². The molecule has 1 aromatic rings. The Bertz CT molecular complexity index is 583. The van der Waals surface area contributed by atoms with Crippen molar-refractivity contribution in [2.24, 2.45) is 4.99 Å². The van der Waals surface area contributed by atoms with Gasteiger partial charge in [-0.05, 0) is 19.0 Å². The summed E-state index contributed by atoms with van der Waals surface area (Å²) in [5.74, 6) is -1.20. The van der Waals surface area contributed by atoms with Crippen LogP contribution in [0.25, 0.3) is 5.32 Å². The minimum Gasteiger partial charge on any atom is -0.468 e. The van der Waals surface area contributed by atoms with E-state index in [2.05, 4.69) is 15.0 Å². The number of amides is 2. The molecular weight excluding hydrogens is 367 g/mol. The summed E-state index contributed by atoms with van der Waals surface area (Å²) in [4.78, 5) is 37.8. The van der Waals surface area contributed by atoms with E-state index in [-0.39, 0.29) is 62.4 Å². The number of nitrogens with zero attached hydrogens (tertiary/aromatic N) is 2. The quantitative estimate of drug-likeness (QED) is 0.238. The Balaban J connectivity index is 0.00000484. The third kappa shape index (κ3) is 8.99. The molecule has 0 N–H and O–H groups in total. The number of carbonyl (C=O) groups is 3. The van der Waals surface area contributed by atoms with Crippen LogP contribution >= 0.6 is 23.4 Å². The van der Waals surface area contributed by atoms with E-state index < -0.39 is 23.0 Å². The van der Waals surface area contributed by atoms with Crippen LogP contribution in [0.4, 0.5) is 4.79 Å². The molecule has 0 aliphatic rings. The van der Waals surface area contributed by atoms with E-state index in [1.54, 1.807) is 0 Å².